The van der Waals surface area contributed by atoms with Gasteiger partial charge in [0, 0.05) is 13.6 Å². The number of nitrogens with one attached hydrogen (secondary N) is 2. The Hall–Kier alpha value is -1.36. The number of amides is 1. The van der Waals surface area contributed by atoms with Gasteiger partial charge in [0.15, 0.2) is 5.13 Å². The second kappa shape index (κ2) is 4.61. The number of hydrogen-bond acceptors (Lipinski definition) is 4. The summed E-state index contributed by atoms with van der Waals surface area (Å²) in [5.41, 5.74) is 0. The van der Waals surface area contributed by atoms with Crippen molar-refractivity contribution in [3.63, 3.8) is 0 Å². The molecule has 13 heavy (non-hydrogen) atoms. The number of thiazole rings is 1. The predicted molar refractivity (Wildman–Crippen MR) is 54.2 cm³/mol. The molecule has 0 aliphatic carbocycles. The molecule has 0 fully saturated rings. The molecule has 0 bridgehead atoms. The standard InChI is InChI=1S/C8H11N3OS/c1-3-4-10-8-11-5-6(13-8)7(12)9-2/h3,5H,1,4H2,2H3,(H,9,12)(H,10,11). The van der Waals surface area contributed by atoms with Crippen LogP contribution in [0.5, 0.6) is 0 Å². The van der Waals surface area contributed by atoms with Crippen molar-refractivity contribution in [3.05, 3.63) is 23.7 Å². The summed E-state index contributed by atoms with van der Waals surface area (Å²) in [5.74, 6) is -0.107. The number of aromatic nitrogens is 1. The van der Waals surface area contributed by atoms with Crippen molar-refractivity contribution in [1.29, 1.82) is 0 Å². The third kappa shape index (κ3) is 2.55. The minimum atomic E-state index is -0.107. The minimum Gasteiger partial charge on any atom is -0.358 e. The van der Waals surface area contributed by atoms with Crippen molar-refractivity contribution >= 4 is 22.4 Å². The van der Waals surface area contributed by atoms with Crippen LogP contribution in [-0.4, -0.2) is 24.5 Å². The van der Waals surface area contributed by atoms with E-state index in [9.17, 15) is 4.79 Å². The van der Waals surface area contributed by atoms with Gasteiger partial charge in [-0.25, -0.2) is 4.98 Å². The maximum absolute atomic E-state index is 11.1. The summed E-state index contributed by atoms with van der Waals surface area (Å²) in [5, 5.41) is 6.27. The maximum Gasteiger partial charge on any atom is 0.262 e. The van der Waals surface area contributed by atoms with E-state index in [0.717, 1.165) is 5.13 Å². The number of nitrogens with zero attached hydrogens (tertiary/aromatic N) is 1. The molecular formula is C8H11N3OS. The molecule has 1 aromatic rings. The quantitative estimate of drug-likeness (QED) is 0.711. The van der Waals surface area contributed by atoms with Crippen LogP contribution in [0.3, 0.4) is 0 Å². The summed E-state index contributed by atoms with van der Waals surface area (Å²) < 4.78 is 0. The van der Waals surface area contributed by atoms with Gasteiger partial charge in [-0.05, 0) is 0 Å². The summed E-state index contributed by atoms with van der Waals surface area (Å²) >= 11 is 1.32. The van der Waals surface area contributed by atoms with E-state index in [2.05, 4.69) is 22.2 Å². The molecular weight excluding hydrogens is 186 g/mol. The highest BCUT2D eigenvalue weighted by molar-refractivity contribution is 7.17. The van der Waals surface area contributed by atoms with E-state index in [1.807, 2.05) is 0 Å². The van der Waals surface area contributed by atoms with Gasteiger partial charge >= 0.3 is 0 Å². The average molecular weight is 197 g/mol. The van der Waals surface area contributed by atoms with Crippen LogP contribution in [0.4, 0.5) is 5.13 Å². The molecule has 0 aliphatic rings. The van der Waals surface area contributed by atoms with Crippen LogP contribution in [0, 0.1) is 0 Å². The monoisotopic (exact) mass is 197 g/mol. The van der Waals surface area contributed by atoms with Gasteiger partial charge in [-0.1, -0.05) is 17.4 Å². The van der Waals surface area contributed by atoms with Crippen molar-refractivity contribution < 1.29 is 4.79 Å². The van der Waals surface area contributed by atoms with E-state index in [1.165, 1.54) is 11.3 Å². The first kappa shape index (κ1) is 9.73. The van der Waals surface area contributed by atoms with Crippen molar-refractivity contribution in [2.24, 2.45) is 0 Å². The highest BCUT2D eigenvalue weighted by atomic mass is 32.1. The zero-order valence-electron chi connectivity index (χ0n) is 7.33. The Bertz CT molecular complexity index is 308. The highest BCUT2D eigenvalue weighted by Crippen LogP contribution is 2.17. The lowest BCUT2D eigenvalue weighted by Gasteiger charge is -1.94. The normalized spacial score (nSPS) is 9.31. The van der Waals surface area contributed by atoms with E-state index in [-0.39, 0.29) is 5.91 Å². The van der Waals surface area contributed by atoms with Gasteiger partial charge in [-0.15, -0.1) is 6.58 Å². The molecule has 1 rings (SSSR count). The van der Waals surface area contributed by atoms with Crippen molar-refractivity contribution in [2.75, 3.05) is 18.9 Å². The number of carbonyl (C=O) groups is 1. The molecule has 0 spiro atoms. The molecule has 2 N–H and O–H groups in total. The van der Waals surface area contributed by atoms with E-state index < -0.39 is 0 Å². The molecule has 0 saturated carbocycles. The van der Waals surface area contributed by atoms with Crippen LogP contribution in [0.2, 0.25) is 0 Å². The Labute approximate surface area is 80.7 Å². The van der Waals surface area contributed by atoms with Crippen molar-refractivity contribution in [2.45, 2.75) is 0 Å². The maximum atomic E-state index is 11.1. The Morgan fingerprint density at radius 2 is 2.62 bits per heavy atom. The first-order chi connectivity index (χ1) is 6.27. The summed E-state index contributed by atoms with van der Waals surface area (Å²) in [6, 6.07) is 0. The van der Waals surface area contributed by atoms with E-state index in [1.54, 1.807) is 19.3 Å². The van der Waals surface area contributed by atoms with Gasteiger partial charge < -0.3 is 10.6 Å². The predicted octanol–water partition coefficient (Wildman–Crippen LogP) is 1.10. The summed E-state index contributed by atoms with van der Waals surface area (Å²) in [4.78, 5) is 15.7. The van der Waals surface area contributed by atoms with Crippen LogP contribution in [-0.2, 0) is 0 Å². The zero-order chi connectivity index (χ0) is 9.68. The van der Waals surface area contributed by atoms with E-state index in [4.69, 9.17) is 0 Å². The van der Waals surface area contributed by atoms with Crippen LogP contribution >= 0.6 is 11.3 Å². The number of carbonyl (C=O) groups excluding carboxylic acids is 1. The fraction of sp³-hybridized carbons (Fsp3) is 0.250. The molecule has 0 saturated heterocycles. The Morgan fingerprint density at radius 1 is 1.85 bits per heavy atom. The smallest absolute Gasteiger partial charge is 0.262 e. The lowest BCUT2D eigenvalue weighted by Crippen LogP contribution is -2.16. The van der Waals surface area contributed by atoms with Crippen LogP contribution < -0.4 is 10.6 Å². The second-order valence-corrected chi connectivity index (χ2v) is 3.31. The molecule has 1 aromatic heterocycles. The van der Waals surface area contributed by atoms with Crippen LogP contribution in [0.15, 0.2) is 18.9 Å². The molecule has 1 amide bonds. The SMILES string of the molecule is C=CCNc1ncc(C(=O)NC)s1. The van der Waals surface area contributed by atoms with Crippen LogP contribution in [0.25, 0.3) is 0 Å². The third-order valence-electron chi connectivity index (χ3n) is 1.35. The molecule has 0 aromatic carbocycles. The van der Waals surface area contributed by atoms with Gasteiger partial charge in [-0.3, -0.25) is 4.79 Å². The highest BCUT2D eigenvalue weighted by Gasteiger charge is 2.07. The van der Waals surface area contributed by atoms with Crippen LogP contribution in [0.1, 0.15) is 9.67 Å². The number of rotatable bonds is 4. The van der Waals surface area contributed by atoms with E-state index >= 15 is 0 Å². The first-order valence-electron chi connectivity index (χ1n) is 3.80. The number of hydrogen-bond donors (Lipinski definition) is 2. The molecule has 4 nitrogen and oxygen atoms in total. The largest absolute Gasteiger partial charge is 0.358 e. The molecule has 0 atom stereocenters. The van der Waals surface area contributed by atoms with E-state index in [0.29, 0.717) is 11.4 Å². The fourth-order valence-electron chi connectivity index (χ4n) is 0.743. The average Bonchev–Trinajstić information content (AvgIpc) is 2.62. The zero-order valence-corrected chi connectivity index (χ0v) is 8.15. The lowest BCUT2D eigenvalue weighted by atomic mass is 10.5. The molecule has 0 aliphatic heterocycles. The lowest BCUT2D eigenvalue weighted by molar-refractivity contribution is 0.0967. The van der Waals surface area contributed by atoms with Gasteiger partial charge in [0.1, 0.15) is 4.88 Å². The van der Waals surface area contributed by atoms with Gasteiger partial charge in [0.2, 0.25) is 0 Å². The van der Waals surface area contributed by atoms with Crippen molar-refractivity contribution in [1.82, 2.24) is 10.3 Å². The van der Waals surface area contributed by atoms with Crippen molar-refractivity contribution in [3.8, 4) is 0 Å². The molecule has 5 heteroatoms. The topological polar surface area (TPSA) is 54.0 Å². The van der Waals surface area contributed by atoms with Gasteiger partial charge in [-0.2, -0.15) is 0 Å². The summed E-state index contributed by atoms with van der Waals surface area (Å²) in [7, 11) is 1.60. The third-order valence-corrected chi connectivity index (χ3v) is 2.31. The van der Waals surface area contributed by atoms with Gasteiger partial charge in [0.25, 0.3) is 5.91 Å². The minimum absolute atomic E-state index is 0.107. The Kier molecular flexibility index (Phi) is 3.45. The first-order valence-corrected chi connectivity index (χ1v) is 4.62. The van der Waals surface area contributed by atoms with Gasteiger partial charge in [0.05, 0.1) is 6.20 Å². The molecule has 70 valence electrons. The number of anilines is 1. The molecule has 0 unspecified atom stereocenters. The summed E-state index contributed by atoms with van der Waals surface area (Å²) in [6.07, 6.45) is 3.29. The fourth-order valence-corrected chi connectivity index (χ4v) is 1.51. The second-order valence-electron chi connectivity index (χ2n) is 2.28. The Morgan fingerprint density at radius 3 is 3.23 bits per heavy atom. The Balaban J connectivity index is 2.63. The molecule has 1 heterocycles. The summed E-state index contributed by atoms with van der Waals surface area (Å²) in [6.45, 7) is 4.22. The molecule has 0 radical (unpaired) electrons.